The molecule has 0 spiro atoms. The number of nitrogens with one attached hydrogen (secondary N) is 1. The molecule has 16 heavy (non-hydrogen) atoms. The normalized spacial score (nSPS) is 28.4. The molecule has 0 bridgehead atoms. The molecule has 3 rings (SSSR count). The van der Waals surface area contributed by atoms with Crippen molar-refractivity contribution in [2.24, 2.45) is 11.8 Å². The van der Waals surface area contributed by atoms with Gasteiger partial charge in [-0.05, 0) is 24.8 Å². The highest BCUT2D eigenvalue weighted by Gasteiger charge is 2.38. The summed E-state index contributed by atoms with van der Waals surface area (Å²) in [6, 6.07) is 1.81. The second-order valence-corrected chi connectivity index (χ2v) is 4.83. The van der Waals surface area contributed by atoms with Gasteiger partial charge in [0.15, 0.2) is 0 Å². The van der Waals surface area contributed by atoms with Crippen molar-refractivity contribution in [3.8, 4) is 0 Å². The standard InChI is InChI=1S/C12H16N2O2/c1-8-2-9(7-16-8)12(15)14-5-10-3-13-4-11(10)6-14/h2,7,10-11,13H,3-6H2,1H3. The second-order valence-electron chi connectivity index (χ2n) is 4.83. The first-order chi connectivity index (χ1) is 7.74. The molecule has 4 nitrogen and oxygen atoms in total. The number of hydrogen-bond acceptors (Lipinski definition) is 3. The van der Waals surface area contributed by atoms with Gasteiger partial charge in [-0.2, -0.15) is 0 Å². The van der Waals surface area contributed by atoms with Crippen molar-refractivity contribution >= 4 is 5.91 Å². The van der Waals surface area contributed by atoms with Gasteiger partial charge in [0.1, 0.15) is 12.0 Å². The van der Waals surface area contributed by atoms with Crippen LogP contribution >= 0.6 is 0 Å². The van der Waals surface area contributed by atoms with E-state index in [4.69, 9.17) is 4.42 Å². The molecule has 1 aromatic rings. The van der Waals surface area contributed by atoms with Gasteiger partial charge in [0.2, 0.25) is 0 Å². The first kappa shape index (κ1) is 9.90. The molecule has 2 unspecified atom stereocenters. The Bertz CT molecular complexity index is 401. The van der Waals surface area contributed by atoms with E-state index in [2.05, 4.69) is 5.32 Å². The van der Waals surface area contributed by atoms with Crippen molar-refractivity contribution in [2.75, 3.05) is 26.2 Å². The maximum atomic E-state index is 12.1. The van der Waals surface area contributed by atoms with Gasteiger partial charge in [-0.3, -0.25) is 4.79 Å². The minimum atomic E-state index is 0.117. The number of nitrogens with zero attached hydrogens (tertiary/aromatic N) is 1. The molecular weight excluding hydrogens is 204 g/mol. The van der Waals surface area contributed by atoms with Crippen LogP contribution in [0.5, 0.6) is 0 Å². The molecule has 2 aliphatic rings. The number of amides is 1. The third-order valence-electron chi connectivity index (χ3n) is 3.65. The van der Waals surface area contributed by atoms with E-state index in [0.717, 1.165) is 31.9 Å². The predicted molar refractivity (Wildman–Crippen MR) is 59.2 cm³/mol. The maximum Gasteiger partial charge on any atom is 0.257 e. The average molecular weight is 220 g/mol. The van der Waals surface area contributed by atoms with E-state index in [1.807, 2.05) is 17.9 Å². The number of furan rings is 1. The third-order valence-corrected chi connectivity index (χ3v) is 3.65. The number of likely N-dealkylation sites (tertiary alicyclic amines) is 1. The molecule has 1 amide bonds. The molecule has 2 fully saturated rings. The van der Waals surface area contributed by atoms with Crippen molar-refractivity contribution in [3.05, 3.63) is 23.7 Å². The van der Waals surface area contributed by atoms with Gasteiger partial charge in [-0.1, -0.05) is 0 Å². The molecule has 86 valence electrons. The number of fused-ring (bicyclic) bond motifs is 1. The lowest BCUT2D eigenvalue weighted by atomic mass is 10.0. The van der Waals surface area contributed by atoms with Crippen LogP contribution in [-0.4, -0.2) is 37.0 Å². The van der Waals surface area contributed by atoms with Crippen molar-refractivity contribution in [3.63, 3.8) is 0 Å². The highest BCUT2D eigenvalue weighted by atomic mass is 16.3. The molecule has 0 saturated carbocycles. The summed E-state index contributed by atoms with van der Waals surface area (Å²) in [4.78, 5) is 14.1. The molecule has 0 aliphatic carbocycles. The summed E-state index contributed by atoms with van der Waals surface area (Å²) in [7, 11) is 0. The van der Waals surface area contributed by atoms with Crippen molar-refractivity contribution < 1.29 is 9.21 Å². The molecule has 3 heterocycles. The summed E-state index contributed by atoms with van der Waals surface area (Å²) in [6.07, 6.45) is 1.56. The van der Waals surface area contributed by atoms with Crippen LogP contribution in [0.15, 0.2) is 16.7 Å². The summed E-state index contributed by atoms with van der Waals surface area (Å²) in [6.45, 7) is 5.75. The monoisotopic (exact) mass is 220 g/mol. The minimum absolute atomic E-state index is 0.117. The Morgan fingerprint density at radius 1 is 1.44 bits per heavy atom. The third kappa shape index (κ3) is 1.53. The molecule has 1 aromatic heterocycles. The van der Waals surface area contributed by atoms with Crippen LogP contribution in [0.25, 0.3) is 0 Å². The van der Waals surface area contributed by atoms with E-state index in [0.29, 0.717) is 17.4 Å². The summed E-state index contributed by atoms with van der Waals surface area (Å²) < 4.78 is 5.18. The lowest BCUT2D eigenvalue weighted by Gasteiger charge is -2.16. The lowest BCUT2D eigenvalue weighted by Crippen LogP contribution is -2.31. The van der Waals surface area contributed by atoms with Crippen LogP contribution in [-0.2, 0) is 0 Å². The number of rotatable bonds is 1. The average Bonchev–Trinajstić information content (AvgIpc) is 2.89. The summed E-state index contributed by atoms with van der Waals surface area (Å²) in [5.74, 6) is 2.21. The lowest BCUT2D eigenvalue weighted by molar-refractivity contribution is 0.0781. The Balaban J connectivity index is 1.73. The van der Waals surface area contributed by atoms with Gasteiger partial charge >= 0.3 is 0 Å². The number of carbonyl (C=O) groups excluding carboxylic acids is 1. The summed E-state index contributed by atoms with van der Waals surface area (Å²) in [5, 5.41) is 3.37. The fourth-order valence-corrected chi connectivity index (χ4v) is 2.76. The quantitative estimate of drug-likeness (QED) is 0.764. The van der Waals surface area contributed by atoms with Crippen LogP contribution in [0.3, 0.4) is 0 Å². The molecule has 4 heteroatoms. The van der Waals surface area contributed by atoms with Gasteiger partial charge in [-0.25, -0.2) is 0 Å². The molecular formula is C12H16N2O2. The van der Waals surface area contributed by atoms with E-state index >= 15 is 0 Å². The van der Waals surface area contributed by atoms with E-state index in [9.17, 15) is 4.79 Å². The summed E-state index contributed by atoms with van der Waals surface area (Å²) >= 11 is 0. The van der Waals surface area contributed by atoms with Crippen molar-refractivity contribution in [1.82, 2.24) is 10.2 Å². The first-order valence-corrected chi connectivity index (χ1v) is 5.79. The molecule has 2 aliphatic heterocycles. The molecule has 1 N–H and O–H groups in total. The first-order valence-electron chi connectivity index (χ1n) is 5.79. The fourth-order valence-electron chi connectivity index (χ4n) is 2.76. The summed E-state index contributed by atoms with van der Waals surface area (Å²) in [5.41, 5.74) is 0.686. The Labute approximate surface area is 94.6 Å². The van der Waals surface area contributed by atoms with Crippen molar-refractivity contribution in [1.29, 1.82) is 0 Å². The molecule has 2 atom stereocenters. The van der Waals surface area contributed by atoms with Crippen LogP contribution in [0, 0.1) is 18.8 Å². The number of hydrogen-bond donors (Lipinski definition) is 1. The Hall–Kier alpha value is -1.29. The van der Waals surface area contributed by atoms with Gasteiger partial charge in [0.25, 0.3) is 5.91 Å². The van der Waals surface area contributed by atoms with Gasteiger partial charge < -0.3 is 14.6 Å². The van der Waals surface area contributed by atoms with Gasteiger partial charge in [0.05, 0.1) is 5.56 Å². The van der Waals surface area contributed by atoms with Gasteiger partial charge in [-0.15, -0.1) is 0 Å². The van der Waals surface area contributed by atoms with E-state index in [1.165, 1.54) is 0 Å². The van der Waals surface area contributed by atoms with Crippen LogP contribution in [0.2, 0.25) is 0 Å². The highest BCUT2D eigenvalue weighted by molar-refractivity contribution is 5.94. The predicted octanol–water partition coefficient (Wildman–Crippen LogP) is 0.879. The molecule has 2 saturated heterocycles. The fraction of sp³-hybridized carbons (Fsp3) is 0.583. The highest BCUT2D eigenvalue weighted by Crippen LogP contribution is 2.27. The topological polar surface area (TPSA) is 45.5 Å². The zero-order valence-electron chi connectivity index (χ0n) is 9.40. The second kappa shape index (κ2) is 3.63. The Kier molecular flexibility index (Phi) is 2.24. The Morgan fingerprint density at radius 2 is 2.12 bits per heavy atom. The van der Waals surface area contributed by atoms with Crippen LogP contribution in [0.4, 0.5) is 0 Å². The van der Waals surface area contributed by atoms with Crippen LogP contribution < -0.4 is 5.32 Å². The minimum Gasteiger partial charge on any atom is -0.469 e. The number of carbonyl (C=O) groups is 1. The van der Waals surface area contributed by atoms with Gasteiger partial charge in [0, 0.05) is 26.2 Å². The van der Waals surface area contributed by atoms with E-state index in [1.54, 1.807) is 6.26 Å². The smallest absolute Gasteiger partial charge is 0.257 e. The SMILES string of the molecule is Cc1cc(C(=O)N2CC3CNCC3C2)co1. The molecule has 0 radical (unpaired) electrons. The van der Waals surface area contributed by atoms with Crippen molar-refractivity contribution in [2.45, 2.75) is 6.92 Å². The van der Waals surface area contributed by atoms with E-state index in [-0.39, 0.29) is 5.91 Å². The van der Waals surface area contributed by atoms with E-state index < -0.39 is 0 Å². The zero-order chi connectivity index (χ0) is 11.1. The Morgan fingerprint density at radius 3 is 2.69 bits per heavy atom. The van der Waals surface area contributed by atoms with Crippen LogP contribution in [0.1, 0.15) is 16.1 Å². The number of aryl methyl sites for hydroxylation is 1. The largest absolute Gasteiger partial charge is 0.469 e. The molecule has 0 aromatic carbocycles. The maximum absolute atomic E-state index is 12.1. The zero-order valence-corrected chi connectivity index (χ0v) is 9.40.